The fraction of sp³-hybridized carbons (Fsp3) is 0.537. The molecule has 1 aliphatic carbocycles. The summed E-state index contributed by atoms with van der Waals surface area (Å²) in [7, 11) is 0. The number of benzene rings is 1. The minimum atomic E-state index is -1.32. The lowest BCUT2D eigenvalue weighted by molar-refractivity contribution is -0.134. The lowest BCUT2D eigenvalue weighted by atomic mass is 9.81. The van der Waals surface area contributed by atoms with Gasteiger partial charge in [-0.2, -0.15) is 0 Å². The zero-order chi connectivity index (χ0) is 39.2. The van der Waals surface area contributed by atoms with Crippen molar-refractivity contribution in [3.05, 3.63) is 72.2 Å². The quantitative estimate of drug-likeness (QED) is 0.106. The third-order valence-corrected chi connectivity index (χ3v) is 10.6. The molecule has 2 aromatic heterocycles. The second-order valence-electron chi connectivity index (χ2n) is 15.0. The summed E-state index contributed by atoms with van der Waals surface area (Å²) in [5.41, 5.74) is 6.88. The highest BCUT2D eigenvalue weighted by atomic mass is 16.3. The highest BCUT2D eigenvalue weighted by Gasteiger charge is 2.36. The maximum atomic E-state index is 13.9. The number of aliphatic hydroxyl groups is 1. The lowest BCUT2D eigenvalue weighted by Gasteiger charge is -2.34. The van der Waals surface area contributed by atoms with Gasteiger partial charge in [-0.25, -0.2) is 4.98 Å². The molecule has 0 bridgehead atoms. The third kappa shape index (κ3) is 12.3. The van der Waals surface area contributed by atoms with Crippen LogP contribution >= 0.6 is 0 Å². The SMILES string of the molecule is CCC(C)[C@H](NC(=O)[C@@H](C[C@H](O)[C@H](CC1CCCCC1)NC(=O)C(CC(N)=O)NC(=O)c1ccc2ccccc2n1)C(C)C)C(=O)NCc1ccccn1. The van der Waals surface area contributed by atoms with Gasteiger partial charge in [0, 0.05) is 17.5 Å². The molecule has 1 fully saturated rings. The van der Waals surface area contributed by atoms with Gasteiger partial charge in [-0.15, -0.1) is 0 Å². The molecule has 1 saturated carbocycles. The molecule has 0 spiro atoms. The van der Waals surface area contributed by atoms with Gasteiger partial charge in [-0.05, 0) is 54.9 Å². The summed E-state index contributed by atoms with van der Waals surface area (Å²) < 4.78 is 0. The zero-order valence-corrected chi connectivity index (χ0v) is 31.9. The van der Waals surface area contributed by atoms with E-state index in [1.54, 1.807) is 36.5 Å². The van der Waals surface area contributed by atoms with E-state index in [0.29, 0.717) is 24.1 Å². The Morgan fingerprint density at radius 1 is 0.870 bits per heavy atom. The van der Waals surface area contributed by atoms with Crippen molar-refractivity contribution < 1.29 is 29.1 Å². The van der Waals surface area contributed by atoms with Crippen molar-refractivity contribution in [3.8, 4) is 0 Å². The van der Waals surface area contributed by atoms with Gasteiger partial charge in [-0.1, -0.05) is 96.6 Å². The Morgan fingerprint density at radius 2 is 1.59 bits per heavy atom. The number of rotatable bonds is 19. The Kier molecular flexibility index (Phi) is 15.9. The number of nitrogens with zero attached hydrogens (tertiary/aromatic N) is 2. The second-order valence-corrected chi connectivity index (χ2v) is 15.0. The summed E-state index contributed by atoms with van der Waals surface area (Å²) in [6.45, 7) is 7.82. The van der Waals surface area contributed by atoms with Gasteiger partial charge in [-0.3, -0.25) is 29.0 Å². The van der Waals surface area contributed by atoms with E-state index in [4.69, 9.17) is 5.73 Å². The molecule has 6 atom stereocenters. The van der Waals surface area contributed by atoms with E-state index < -0.39 is 54.3 Å². The monoisotopic (exact) mass is 743 g/mol. The van der Waals surface area contributed by atoms with E-state index in [1.807, 2.05) is 52.0 Å². The summed E-state index contributed by atoms with van der Waals surface area (Å²) >= 11 is 0. The fourth-order valence-corrected chi connectivity index (χ4v) is 7.07. The molecule has 7 N–H and O–H groups in total. The van der Waals surface area contributed by atoms with Gasteiger partial charge in [0.2, 0.25) is 23.6 Å². The molecular formula is C41H57N7O6. The van der Waals surface area contributed by atoms with Crippen molar-refractivity contribution in [2.24, 2.45) is 29.4 Å². The van der Waals surface area contributed by atoms with Gasteiger partial charge in [0.1, 0.15) is 17.8 Å². The number of amides is 5. The molecule has 1 aliphatic rings. The first-order valence-electron chi connectivity index (χ1n) is 19.3. The number of nitrogens with two attached hydrogens (primary N) is 1. The van der Waals surface area contributed by atoms with Crippen molar-refractivity contribution in [2.75, 3.05) is 0 Å². The van der Waals surface area contributed by atoms with Gasteiger partial charge >= 0.3 is 0 Å². The molecule has 0 aliphatic heterocycles. The van der Waals surface area contributed by atoms with Crippen LogP contribution in [-0.2, 0) is 25.7 Å². The van der Waals surface area contributed by atoms with Crippen LogP contribution in [0.2, 0.25) is 0 Å². The normalized spacial score (nSPS) is 16.7. The summed E-state index contributed by atoms with van der Waals surface area (Å²) in [5.74, 6) is -3.65. The van der Waals surface area contributed by atoms with Crippen LogP contribution < -0.4 is 27.0 Å². The van der Waals surface area contributed by atoms with Gasteiger partial charge in [0.25, 0.3) is 5.91 Å². The van der Waals surface area contributed by atoms with Crippen LogP contribution in [0.15, 0.2) is 60.8 Å². The highest BCUT2D eigenvalue weighted by molar-refractivity contribution is 5.99. The molecule has 2 heterocycles. The number of hydrogen-bond donors (Lipinski definition) is 6. The van der Waals surface area contributed by atoms with E-state index in [-0.39, 0.29) is 48.2 Å². The Hall–Kier alpha value is -4.91. The largest absolute Gasteiger partial charge is 0.391 e. The maximum Gasteiger partial charge on any atom is 0.270 e. The first-order valence-corrected chi connectivity index (χ1v) is 19.3. The Bertz CT molecular complexity index is 1710. The number of para-hydroxylation sites is 1. The van der Waals surface area contributed by atoms with Gasteiger partial charge < -0.3 is 32.1 Å². The Labute approximate surface area is 318 Å². The van der Waals surface area contributed by atoms with Crippen molar-refractivity contribution in [1.82, 2.24) is 31.2 Å². The molecule has 4 rings (SSSR count). The molecule has 0 saturated heterocycles. The second kappa shape index (κ2) is 20.5. The zero-order valence-electron chi connectivity index (χ0n) is 31.9. The standard InChI is InChI=1S/C41H57N7O6/c1-5-26(4)37(41(54)44-24-29-16-11-12-20-43-29)48-38(51)30(25(2)3)22-35(49)33(21-27-13-7-6-8-14-27)46-40(53)34(23-36(42)50)47-39(52)32-19-18-28-15-9-10-17-31(28)45-32/h9-12,15-20,25-27,30,33-35,37,49H,5-8,13-14,21-24H2,1-4H3,(H2,42,50)(H,44,54)(H,46,53)(H,47,52)(H,48,51)/t26?,30-,33-,34?,35-,37-/m0/s1. The Balaban J connectivity index is 1.49. The van der Waals surface area contributed by atoms with Crippen molar-refractivity contribution in [2.45, 2.75) is 116 Å². The van der Waals surface area contributed by atoms with Gasteiger partial charge in [0.15, 0.2) is 0 Å². The number of pyridine rings is 2. The van der Waals surface area contributed by atoms with E-state index in [1.165, 1.54) is 0 Å². The van der Waals surface area contributed by atoms with Crippen molar-refractivity contribution in [1.29, 1.82) is 0 Å². The number of carbonyl (C=O) groups is 5. The first-order chi connectivity index (χ1) is 25.9. The summed E-state index contributed by atoms with van der Waals surface area (Å²) in [6.07, 6.45) is 6.21. The average molecular weight is 744 g/mol. The smallest absolute Gasteiger partial charge is 0.270 e. The van der Waals surface area contributed by atoms with Crippen molar-refractivity contribution in [3.63, 3.8) is 0 Å². The van der Waals surface area contributed by atoms with Crippen LogP contribution in [-0.4, -0.2) is 68.8 Å². The van der Waals surface area contributed by atoms with E-state index in [0.717, 1.165) is 37.5 Å². The molecule has 1 aromatic carbocycles. The maximum absolute atomic E-state index is 13.9. The average Bonchev–Trinajstić information content (AvgIpc) is 3.17. The number of carbonyl (C=O) groups excluding carboxylic acids is 5. The number of fused-ring (bicyclic) bond motifs is 1. The number of hydrogen-bond acceptors (Lipinski definition) is 8. The van der Waals surface area contributed by atoms with E-state index in [9.17, 15) is 29.1 Å². The van der Waals surface area contributed by atoms with Crippen LogP contribution in [0.1, 0.15) is 102 Å². The minimum Gasteiger partial charge on any atom is -0.391 e. The molecular weight excluding hydrogens is 686 g/mol. The summed E-state index contributed by atoms with van der Waals surface area (Å²) in [4.78, 5) is 75.2. The molecule has 13 nitrogen and oxygen atoms in total. The van der Waals surface area contributed by atoms with Crippen molar-refractivity contribution >= 4 is 40.4 Å². The van der Waals surface area contributed by atoms with Crippen LogP contribution in [0.4, 0.5) is 0 Å². The molecule has 5 amide bonds. The lowest BCUT2D eigenvalue weighted by Crippen LogP contribution is -2.55. The van der Waals surface area contributed by atoms with Crippen LogP contribution in [0.25, 0.3) is 10.9 Å². The molecule has 2 unspecified atom stereocenters. The minimum absolute atomic E-state index is 0.0117. The van der Waals surface area contributed by atoms with Crippen LogP contribution in [0.3, 0.4) is 0 Å². The molecule has 54 heavy (non-hydrogen) atoms. The number of nitrogens with one attached hydrogen (secondary N) is 4. The molecule has 3 aromatic rings. The topological polar surface area (TPSA) is 206 Å². The fourth-order valence-electron chi connectivity index (χ4n) is 7.07. The van der Waals surface area contributed by atoms with Crippen LogP contribution in [0.5, 0.6) is 0 Å². The van der Waals surface area contributed by atoms with E-state index >= 15 is 0 Å². The highest BCUT2D eigenvalue weighted by Crippen LogP contribution is 2.30. The predicted molar refractivity (Wildman–Crippen MR) is 206 cm³/mol. The first kappa shape index (κ1) is 41.8. The summed E-state index contributed by atoms with van der Waals surface area (Å²) in [6, 6.07) is 13.1. The van der Waals surface area contributed by atoms with Crippen LogP contribution in [0, 0.1) is 23.7 Å². The number of aromatic nitrogens is 2. The summed E-state index contributed by atoms with van der Waals surface area (Å²) in [5, 5.41) is 24.1. The number of primary amides is 1. The molecule has 0 radical (unpaired) electrons. The Morgan fingerprint density at radius 3 is 2.26 bits per heavy atom. The third-order valence-electron chi connectivity index (χ3n) is 10.6. The molecule has 13 heteroatoms. The van der Waals surface area contributed by atoms with Gasteiger partial charge in [0.05, 0.1) is 36.3 Å². The predicted octanol–water partition coefficient (Wildman–Crippen LogP) is 3.93. The number of aliphatic hydroxyl groups excluding tert-OH is 1. The molecule has 292 valence electrons. The van der Waals surface area contributed by atoms with E-state index in [2.05, 4.69) is 31.2 Å².